The van der Waals surface area contributed by atoms with Crippen LogP contribution < -0.4 is 0 Å². The van der Waals surface area contributed by atoms with Crippen molar-refractivity contribution in [3.8, 4) is 0 Å². The van der Waals surface area contributed by atoms with Crippen molar-refractivity contribution in [2.75, 3.05) is 0 Å². The number of hydrogen-bond acceptors (Lipinski definition) is 1. The van der Waals surface area contributed by atoms with Crippen LogP contribution in [0.25, 0.3) is 0 Å². The van der Waals surface area contributed by atoms with Gasteiger partial charge in [-0.3, -0.25) is 0 Å². The Morgan fingerprint density at radius 3 is 1.52 bits per heavy atom. The second-order valence-electron chi connectivity index (χ2n) is 5.77. The summed E-state index contributed by atoms with van der Waals surface area (Å²) in [6.45, 7) is 2.27. The summed E-state index contributed by atoms with van der Waals surface area (Å²) in [6.07, 6.45) is 21.6. The van der Waals surface area contributed by atoms with Crippen molar-refractivity contribution in [1.82, 2.24) is 0 Å². The number of aliphatic carboxylic acids is 1. The Kier molecular flexibility index (Phi) is 23.8. The van der Waals surface area contributed by atoms with E-state index in [0.29, 0.717) is 0 Å². The Labute approximate surface area is 172 Å². The van der Waals surface area contributed by atoms with E-state index in [0.717, 1.165) is 12.8 Å². The Morgan fingerprint density at radius 2 is 1.14 bits per heavy atom. The molecule has 21 heavy (non-hydrogen) atoms. The average Bonchev–Trinajstić information content (AvgIpc) is 2.43. The minimum atomic E-state index is -0.834. The van der Waals surface area contributed by atoms with E-state index in [4.69, 9.17) is 5.11 Å². The Bertz CT molecular complexity index is 239. The van der Waals surface area contributed by atoms with E-state index in [2.05, 4.69) is 6.92 Å². The molecule has 0 spiro atoms. The molecule has 0 bridgehead atoms. The number of allylic oxidation sites excluding steroid dienone is 1. The van der Waals surface area contributed by atoms with E-state index in [9.17, 15) is 4.79 Å². The van der Waals surface area contributed by atoms with Gasteiger partial charge in [-0.25, -0.2) is 4.79 Å². The van der Waals surface area contributed by atoms with Gasteiger partial charge in [0.05, 0.1) is 0 Å². The summed E-state index contributed by atoms with van der Waals surface area (Å²) < 4.78 is 0. The number of rotatable bonds is 15. The topological polar surface area (TPSA) is 37.3 Å². The predicted octanol–water partition coefficient (Wildman–Crippen LogP) is 5.19. The minimum absolute atomic E-state index is 0. The van der Waals surface area contributed by atoms with Crippen molar-refractivity contribution < 1.29 is 9.90 Å². The Morgan fingerprint density at radius 1 is 0.762 bits per heavy atom. The van der Waals surface area contributed by atoms with E-state index in [1.807, 2.05) is 0 Å². The standard InChI is InChI=1S/C18H34O2.Ba.2H/c1-2-3-4-5-6-7-8-9-10-11-12-13-14-15-16-17-18(19)20;;;/h16-17H,2-15H2,1H3,(H,19,20);;;. The third kappa shape index (κ3) is 23.2. The number of hydrogen-bond donors (Lipinski definition) is 1. The van der Waals surface area contributed by atoms with Gasteiger partial charge in [-0.05, 0) is 12.8 Å². The first kappa shape index (κ1) is 24.0. The van der Waals surface area contributed by atoms with E-state index >= 15 is 0 Å². The molecule has 0 saturated carbocycles. The molecule has 0 radical (unpaired) electrons. The monoisotopic (exact) mass is 422 g/mol. The number of carboxylic acids is 1. The second kappa shape index (κ2) is 20.8. The fourth-order valence-electron chi connectivity index (χ4n) is 2.46. The van der Waals surface area contributed by atoms with Gasteiger partial charge in [0.15, 0.2) is 0 Å². The first-order chi connectivity index (χ1) is 9.77. The number of carboxylic acid groups (broad SMARTS) is 1. The van der Waals surface area contributed by atoms with Gasteiger partial charge in [0, 0.05) is 6.08 Å². The molecule has 2 nitrogen and oxygen atoms in total. The van der Waals surface area contributed by atoms with Gasteiger partial charge in [-0.1, -0.05) is 90.0 Å². The maximum absolute atomic E-state index is 10.2. The Hall–Kier alpha value is 0.781. The molecule has 0 heterocycles. The molecule has 0 atom stereocenters. The van der Waals surface area contributed by atoms with Crippen LogP contribution in [0.3, 0.4) is 0 Å². The fraction of sp³-hybridized carbons (Fsp3) is 0.833. The van der Waals surface area contributed by atoms with Crippen LogP contribution >= 0.6 is 0 Å². The molecule has 0 saturated heterocycles. The fourth-order valence-corrected chi connectivity index (χ4v) is 2.46. The molecule has 0 aromatic heterocycles. The van der Waals surface area contributed by atoms with E-state index in [1.54, 1.807) is 6.08 Å². The molecule has 0 aliphatic rings. The Balaban J connectivity index is 0. The van der Waals surface area contributed by atoms with Crippen molar-refractivity contribution in [3.63, 3.8) is 0 Å². The maximum atomic E-state index is 10.2. The van der Waals surface area contributed by atoms with E-state index in [-0.39, 0.29) is 48.9 Å². The van der Waals surface area contributed by atoms with Crippen LogP contribution in [-0.4, -0.2) is 60.0 Å². The molecule has 0 aromatic carbocycles. The SMILES string of the molecule is CCCCCCCCCCCCCCCC=CC(=O)O.[BaH2]. The zero-order valence-electron chi connectivity index (χ0n) is 13.4. The van der Waals surface area contributed by atoms with Gasteiger partial charge in [0.2, 0.25) is 0 Å². The summed E-state index contributed by atoms with van der Waals surface area (Å²) in [6, 6.07) is 0. The van der Waals surface area contributed by atoms with Crippen LogP contribution in [0.4, 0.5) is 0 Å². The second-order valence-corrected chi connectivity index (χ2v) is 5.77. The third-order valence-corrected chi connectivity index (χ3v) is 3.73. The summed E-state index contributed by atoms with van der Waals surface area (Å²) in [5.41, 5.74) is 0. The van der Waals surface area contributed by atoms with Crippen molar-refractivity contribution in [2.24, 2.45) is 0 Å². The van der Waals surface area contributed by atoms with Crippen molar-refractivity contribution >= 4 is 54.9 Å². The van der Waals surface area contributed by atoms with Gasteiger partial charge in [0.1, 0.15) is 0 Å². The average molecular weight is 422 g/mol. The first-order valence-electron chi connectivity index (χ1n) is 8.67. The first-order valence-corrected chi connectivity index (χ1v) is 8.67. The van der Waals surface area contributed by atoms with E-state index in [1.165, 1.54) is 83.1 Å². The van der Waals surface area contributed by atoms with Gasteiger partial charge >= 0.3 is 54.9 Å². The molecule has 0 aliphatic heterocycles. The molecule has 3 heteroatoms. The molecule has 0 rings (SSSR count). The van der Waals surface area contributed by atoms with Crippen LogP contribution in [0.1, 0.15) is 96.8 Å². The third-order valence-electron chi connectivity index (χ3n) is 3.73. The zero-order chi connectivity index (χ0) is 14.9. The van der Waals surface area contributed by atoms with Crippen LogP contribution in [0, 0.1) is 0 Å². The van der Waals surface area contributed by atoms with Gasteiger partial charge in [-0.15, -0.1) is 0 Å². The zero-order valence-corrected chi connectivity index (χ0v) is 13.4. The van der Waals surface area contributed by atoms with Crippen LogP contribution in [0.15, 0.2) is 12.2 Å². The molecule has 0 unspecified atom stereocenters. The van der Waals surface area contributed by atoms with Crippen molar-refractivity contribution in [1.29, 1.82) is 0 Å². The molecule has 0 aromatic rings. The molecule has 1 N–H and O–H groups in total. The van der Waals surface area contributed by atoms with E-state index < -0.39 is 5.97 Å². The molecule has 122 valence electrons. The van der Waals surface area contributed by atoms with Crippen molar-refractivity contribution in [3.05, 3.63) is 12.2 Å². The summed E-state index contributed by atoms with van der Waals surface area (Å²) in [4.78, 5) is 10.2. The van der Waals surface area contributed by atoms with Crippen LogP contribution in [0.2, 0.25) is 0 Å². The summed E-state index contributed by atoms with van der Waals surface area (Å²) >= 11 is 0. The summed E-state index contributed by atoms with van der Waals surface area (Å²) in [7, 11) is 0. The van der Waals surface area contributed by atoms with Gasteiger partial charge in [0.25, 0.3) is 0 Å². The van der Waals surface area contributed by atoms with Crippen LogP contribution in [-0.2, 0) is 4.79 Å². The molecule has 0 amide bonds. The molecular formula is C18H36BaO2. The number of carbonyl (C=O) groups is 1. The molecule has 0 fully saturated rings. The van der Waals surface area contributed by atoms with Gasteiger partial charge < -0.3 is 5.11 Å². The quantitative estimate of drug-likeness (QED) is 0.224. The van der Waals surface area contributed by atoms with Crippen LogP contribution in [0.5, 0.6) is 0 Å². The predicted molar refractivity (Wildman–Crippen MR) is 95.6 cm³/mol. The summed E-state index contributed by atoms with van der Waals surface area (Å²) in [5.74, 6) is -0.834. The van der Waals surface area contributed by atoms with Crippen molar-refractivity contribution in [2.45, 2.75) is 96.8 Å². The summed E-state index contributed by atoms with van der Waals surface area (Å²) in [5, 5.41) is 8.43. The molecular weight excluding hydrogens is 386 g/mol. The normalized spacial score (nSPS) is 10.7. The molecule has 0 aliphatic carbocycles. The van der Waals surface area contributed by atoms with Gasteiger partial charge in [-0.2, -0.15) is 0 Å². The number of unbranched alkanes of at least 4 members (excludes halogenated alkanes) is 13.